The van der Waals surface area contributed by atoms with Gasteiger partial charge in [0.05, 0.1) is 28.4 Å². The van der Waals surface area contributed by atoms with Gasteiger partial charge in [0.15, 0.2) is 16.7 Å². The fraction of sp³-hybridized carbons (Fsp3) is 0.360. The standard InChI is InChI=1S/C25H27IN2O3S/c1-16-9-7-8-12-20(16)28-24(29)22(32-25(28)27-18-10-5-4-6-11-18)15-17-13-19(26)23(31-3)21(14-17)30-2/h4-6,10-11,13-16,20H,7-9,12H2,1-3H3/b22-15-,27-25?/t16-,20-/m1/s1. The maximum Gasteiger partial charge on any atom is 0.267 e. The van der Waals surface area contributed by atoms with Crippen LogP contribution in [0.25, 0.3) is 6.08 Å². The molecule has 1 amide bonds. The summed E-state index contributed by atoms with van der Waals surface area (Å²) in [7, 11) is 3.25. The van der Waals surface area contributed by atoms with Gasteiger partial charge in [-0.2, -0.15) is 0 Å². The van der Waals surface area contributed by atoms with Crippen molar-refractivity contribution in [2.24, 2.45) is 10.9 Å². The van der Waals surface area contributed by atoms with Gasteiger partial charge < -0.3 is 9.47 Å². The Hall–Kier alpha value is -2.00. The van der Waals surface area contributed by atoms with E-state index >= 15 is 0 Å². The third kappa shape index (κ3) is 4.83. The smallest absolute Gasteiger partial charge is 0.267 e. The van der Waals surface area contributed by atoms with Crippen molar-refractivity contribution in [2.75, 3.05) is 14.2 Å². The predicted molar refractivity (Wildman–Crippen MR) is 140 cm³/mol. The number of carbonyl (C=O) groups excluding carboxylic acids is 1. The lowest BCUT2D eigenvalue weighted by atomic mass is 9.85. The second-order valence-electron chi connectivity index (χ2n) is 8.08. The van der Waals surface area contributed by atoms with Gasteiger partial charge in [-0.05, 0) is 89.0 Å². The van der Waals surface area contributed by atoms with Gasteiger partial charge in [0.25, 0.3) is 5.91 Å². The van der Waals surface area contributed by atoms with Gasteiger partial charge in [0, 0.05) is 6.04 Å². The third-order valence-corrected chi connectivity index (χ3v) is 7.75. The minimum Gasteiger partial charge on any atom is -0.493 e. The molecule has 1 heterocycles. The van der Waals surface area contributed by atoms with E-state index in [1.807, 2.05) is 53.4 Å². The molecule has 0 radical (unpaired) electrons. The molecular weight excluding hydrogens is 535 g/mol. The Labute approximate surface area is 207 Å². The summed E-state index contributed by atoms with van der Waals surface area (Å²) in [6.07, 6.45) is 6.47. The average Bonchev–Trinajstić information content (AvgIpc) is 3.08. The highest BCUT2D eigenvalue weighted by molar-refractivity contribution is 14.1. The Kier molecular flexibility index (Phi) is 7.45. The number of amides is 1. The molecule has 32 heavy (non-hydrogen) atoms. The lowest BCUT2D eigenvalue weighted by Crippen LogP contribution is -2.44. The second-order valence-corrected chi connectivity index (χ2v) is 10.3. The van der Waals surface area contributed by atoms with E-state index in [2.05, 4.69) is 29.5 Å². The van der Waals surface area contributed by atoms with E-state index in [9.17, 15) is 4.79 Å². The molecule has 0 spiro atoms. The van der Waals surface area contributed by atoms with Gasteiger partial charge in [0.1, 0.15) is 0 Å². The zero-order valence-electron chi connectivity index (χ0n) is 18.5. The fourth-order valence-electron chi connectivity index (χ4n) is 4.32. The Bertz CT molecular complexity index is 1050. The summed E-state index contributed by atoms with van der Waals surface area (Å²) in [6, 6.07) is 13.9. The lowest BCUT2D eigenvalue weighted by Gasteiger charge is -2.35. The molecule has 2 aromatic rings. The van der Waals surface area contributed by atoms with E-state index in [0.717, 1.165) is 39.3 Å². The quantitative estimate of drug-likeness (QED) is 0.309. The van der Waals surface area contributed by atoms with E-state index in [4.69, 9.17) is 14.5 Å². The first-order chi connectivity index (χ1) is 15.5. The minimum atomic E-state index is 0.0354. The lowest BCUT2D eigenvalue weighted by molar-refractivity contribution is -0.124. The van der Waals surface area contributed by atoms with Crippen molar-refractivity contribution >= 4 is 57.2 Å². The maximum absolute atomic E-state index is 13.6. The van der Waals surface area contributed by atoms with Crippen LogP contribution in [-0.4, -0.2) is 36.2 Å². The summed E-state index contributed by atoms with van der Waals surface area (Å²) < 4.78 is 11.9. The molecule has 168 valence electrons. The molecule has 4 rings (SSSR count). The number of ether oxygens (including phenoxy) is 2. The second kappa shape index (κ2) is 10.3. The van der Waals surface area contributed by atoms with Gasteiger partial charge in [0.2, 0.25) is 0 Å². The van der Waals surface area contributed by atoms with Crippen LogP contribution < -0.4 is 9.47 Å². The summed E-state index contributed by atoms with van der Waals surface area (Å²) in [5.74, 6) is 1.84. The first kappa shape index (κ1) is 23.2. The number of benzene rings is 2. The molecule has 2 aromatic carbocycles. The molecule has 1 saturated carbocycles. The van der Waals surface area contributed by atoms with Crippen LogP contribution >= 0.6 is 34.4 Å². The normalized spacial score (nSPS) is 23.8. The number of hydrogen-bond acceptors (Lipinski definition) is 5. The summed E-state index contributed by atoms with van der Waals surface area (Å²) in [6.45, 7) is 2.25. The number of rotatable bonds is 5. The number of thioether (sulfide) groups is 1. The SMILES string of the molecule is COc1cc(/C=C2\SC(=Nc3ccccc3)N([C@@H]3CCCC[C@H]3C)C2=O)cc(I)c1OC. The highest BCUT2D eigenvalue weighted by Gasteiger charge is 2.41. The Balaban J connectivity index is 1.74. The highest BCUT2D eigenvalue weighted by Crippen LogP contribution is 2.41. The van der Waals surface area contributed by atoms with Crippen LogP contribution in [0.1, 0.15) is 38.2 Å². The molecule has 1 aliphatic carbocycles. The number of para-hydroxylation sites is 1. The van der Waals surface area contributed by atoms with Crippen molar-refractivity contribution in [3.8, 4) is 11.5 Å². The fourth-order valence-corrected chi connectivity index (χ4v) is 6.21. The average molecular weight is 562 g/mol. The Morgan fingerprint density at radius 3 is 2.56 bits per heavy atom. The van der Waals surface area contributed by atoms with Crippen LogP contribution in [0.15, 0.2) is 52.4 Å². The van der Waals surface area contributed by atoms with Crippen molar-refractivity contribution in [3.05, 3.63) is 56.5 Å². The molecule has 5 nitrogen and oxygen atoms in total. The molecule has 0 aromatic heterocycles. The Morgan fingerprint density at radius 1 is 1.12 bits per heavy atom. The number of carbonyl (C=O) groups is 1. The van der Waals surface area contributed by atoms with Crippen molar-refractivity contribution < 1.29 is 14.3 Å². The molecule has 7 heteroatoms. The van der Waals surface area contributed by atoms with Crippen LogP contribution in [0.5, 0.6) is 11.5 Å². The topological polar surface area (TPSA) is 51.1 Å². The van der Waals surface area contributed by atoms with E-state index in [-0.39, 0.29) is 11.9 Å². The first-order valence-electron chi connectivity index (χ1n) is 10.8. The van der Waals surface area contributed by atoms with E-state index in [0.29, 0.717) is 22.3 Å². The third-order valence-electron chi connectivity index (χ3n) is 5.97. The first-order valence-corrected chi connectivity index (χ1v) is 12.7. The molecule has 0 N–H and O–H groups in total. The zero-order chi connectivity index (χ0) is 22.7. The molecule has 2 aliphatic rings. The monoisotopic (exact) mass is 562 g/mol. The molecule has 1 aliphatic heterocycles. The van der Waals surface area contributed by atoms with Crippen molar-refractivity contribution in [1.29, 1.82) is 0 Å². The predicted octanol–water partition coefficient (Wildman–Crippen LogP) is 6.49. The van der Waals surface area contributed by atoms with Crippen molar-refractivity contribution in [1.82, 2.24) is 4.90 Å². The summed E-state index contributed by atoms with van der Waals surface area (Å²) >= 11 is 3.68. The van der Waals surface area contributed by atoms with Gasteiger partial charge >= 0.3 is 0 Å². The van der Waals surface area contributed by atoms with Crippen LogP contribution in [0, 0.1) is 9.49 Å². The largest absolute Gasteiger partial charge is 0.493 e. The molecule has 2 atom stereocenters. The van der Waals surface area contributed by atoms with Gasteiger partial charge in [-0.15, -0.1) is 0 Å². The number of amidine groups is 1. The molecule has 2 fully saturated rings. The van der Waals surface area contributed by atoms with Crippen LogP contribution in [0.4, 0.5) is 5.69 Å². The number of aliphatic imine (C=N–C) groups is 1. The minimum absolute atomic E-state index is 0.0354. The van der Waals surface area contributed by atoms with Crippen LogP contribution in [-0.2, 0) is 4.79 Å². The molecule has 0 bridgehead atoms. The van der Waals surface area contributed by atoms with Gasteiger partial charge in [-0.1, -0.05) is 38.0 Å². The van der Waals surface area contributed by atoms with E-state index in [1.54, 1.807) is 14.2 Å². The van der Waals surface area contributed by atoms with Gasteiger partial charge in [-0.25, -0.2) is 4.99 Å². The Morgan fingerprint density at radius 2 is 1.88 bits per heavy atom. The van der Waals surface area contributed by atoms with Gasteiger partial charge in [-0.3, -0.25) is 9.69 Å². The number of nitrogens with zero attached hydrogens (tertiary/aromatic N) is 2. The molecular formula is C25H27IN2O3S. The van der Waals surface area contributed by atoms with Crippen molar-refractivity contribution in [3.63, 3.8) is 0 Å². The number of methoxy groups -OCH3 is 2. The van der Waals surface area contributed by atoms with Crippen molar-refractivity contribution in [2.45, 2.75) is 38.6 Å². The summed E-state index contributed by atoms with van der Waals surface area (Å²) in [5.41, 5.74) is 1.76. The highest BCUT2D eigenvalue weighted by atomic mass is 127. The summed E-state index contributed by atoms with van der Waals surface area (Å²) in [5, 5.41) is 0.765. The number of hydrogen-bond donors (Lipinski definition) is 0. The molecule has 1 saturated heterocycles. The van der Waals surface area contributed by atoms with Crippen LogP contribution in [0.2, 0.25) is 0 Å². The number of halogens is 1. The van der Waals surface area contributed by atoms with E-state index in [1.165, 1.54) is 18.2 Å². The van der Waals surface area contributed by atoms with Crippen LogP contribution in [0.3, 0.4) is 0 Å². The summed E-state index contributed by atoms with van der Waals surface area (Å²) in [4.78, 5) is 21.1. The maximum atomic E-state index is 13.6. The molecule has 0 unspecified atom stereocenters. The van der Waals surface area contributed by atoms with E-state index < -0.39 is 0 Å². The zero-order valence-corrected chi connectivity index (χ0v) is 21.5.